The summed E-state index contributed by atoms with van der Waals surface area (Å²) in [7, 11) is -1.75. The summed E-state index contributed by atoms with van der Waals surface area (Å²) in [6.45, 7) is 5.61. The lowest BCUT2D eigenvalue weighted by atomic mass is 10.5. The number of hydrogen-bond acceptors (Lipinski definition) is 7. The van der Waals surface area contributed by atoms with Gasteiger partial charge in [-0.15, -0.1) is 0 Å². The maximum atomic E-state index is 12.3. The molecule has 2 N–H and O–H groups in total. The zero-order chi connectivity index (χ0) is 14.5. The third-order valence-electron chi connectivity index (χ3n) is 2.68. The van der Waals surface area contributed by atoms with Crippen molar-refractivity contribution in [2.45, 2.75) is 25.2 Å². The van der Waals surface area contributed by atoms with E-state index in [4.69, 9.17) is 10.5 Å². The summed E-state index contributed by atoms with van der Waals surface area (Å²) in [6.07, 6.45) is 0.557. The molecule has 0 saturated carbocycles. The molecule has 1 heterocycles. The number of ether oxygens (including phenoxy) is 1. The summed E-state index contributed by atoms with van der Waals surface area (Å²) in [5, 5.41) is 0.616. The van der Waals surface area contributed by atoms with Crippen molar-refractivity contribution in [3.05, 3.63) is 0 Å². The zero-order valence-corrected chi connectivity index (χ0v) is 13.2. The molecule has 0 aliphatic rings. The first kappa shape index (κ1) is 16.2. The normalized spacial score (nSPS) is 11.7. The maximum absolute atomic E-state index is 12.3. The Labute approximate surface area is 118 Å². The van der Waals surface area contributed by atoms with Crippen LogP contribution in [0.25, 0.3) is 0 Å². The third-order valence-corrected chi connectivity index (χ3v) is 5.70. The lowest BCUT2D eigenvalue weighted by molar-refractivity contribution is 0.205. The molecule has 1 aromatic heterocycles. The highest BCUT2D eigenvalue weighted by atomic mass is 32.2. The molecule has 0 saturated heterocycles. The molecule has 0 aliphatic heterocycles. The second-order valence-electron chi connectivity index (χ2n) is 4.09. The maximum Gasteiger partial charge on any atom is 0.185 e. The van der Waals surface area contributed by atoms with Crippen LogP contribution in [0.2, 0.25) is 0 Å². The molecule has 8 heteroatoms. The molecule has 0 aromatic carbocycles. The van der Waals surface area contributed by atoms with Gasteiger partial charge >= 0.3 is 0 Å². The summed E-state index contributed by atoms with van der Waals surface area (Å²) in [5.74, 6) is 0.189. The van der Waals surface area contributed by atoms with E-state index in [0.717, 1.165) is 11.5 Å². The molecule has 0 radical (unpaired) electrons. The van der Waals surface area contributed by atoms with Gasteiger partial charge in [0, 0.05) is 20.2 Å². The van der Waals surface area contributed by atoms with Crippen molar-refractivity contribution in [3.8, 4) is 0 Å². The Hall–Kier alpha value is -0.860. The predicted octanol–water partition coefficient (Wildman–Crippen LogP) is 1.38. The van der Waals surface area contributed by atoms with Crippen molar-refractivity contribution in [2.24, 2.45) is 0 Å². The van der Waals surface area contributed by atoms with E-state index in [1.54, 1.807) is 7.11 Å². The Morgan fingerprint density at radius 3 is 2.63 bits per heavy atom. The van der Waals surface area contributed by atoms with E-state index in [9.17, 15) is 8.42 Å². The fourth-order valence-corrected chi connectivity index (χ4v) is 4.61. The van der Waals surface area contributed by atoms with Crippen LogP contribution >= 0.6 is 11.5 Å². The third kappa shape index (κ3) is 3.80. The van der Waals surface area contributed by atoms with E-state index in [1.807, 2.05) is 18.7 Å². The van der Waals surface area contributed by atoms with Crippen LogP contribution < -0.4 is 10.6 Å². The number of hydrogen-bond donors (Lipinski definition) is 1. The summed E-state index contributed by atoms with van der Waals surface area (Å²) < 4.78 is 33.6. The minimum Gasteiger partial charge on any atom is -0.383 e. The molecule has 1 rings (SSSR count). The summed E-state index contributed by atoms with van der Waals surface area (Å²) in [6, 6.07) is 0. The molecule has 0 atom stereocenters. The summed E-state index contributed by atoms with van der Waals surface area (Å²) >= 11 is 1.13. The molecule has 0 bridgehead atoms. The van der Waals surface area contributed by atoms with Crippen LogP contribution in [0.4, 0.5) is 10.8 Å². The van der Waals surface area contributed by atoms with Crippen LogP contribution in [0.3, 0.4) is 0 Å². The lowest BCUT2D eigenvalue weighted by Gasteiger charge is -2.21. The van der Waals surface area contributed by atoms with Gasteiger partial charge in [-0.25, -0.2) is 8.42 Å². The van der Waals surface area contributed by atoms with E-state index >= 15 is 0 Å². The Balaban J connectivity index is 3.15. The first-order chi connectivity index (χ1) is 8.97. The molecule has 0 fully saturated rings. The number of nitrogens with two attached hydrogens (primary N) is 1. The quantitative estimate of drug-likeness (QED) is 0.781. The molecule has 0 amide bonds. The van der Waals surface area contributed by atoms with Crippen LogP contribution in [-0.4, -0.2) is 45.4 Å². The SMILES string of the molecule is CCCS(=O)(=O)c1c(N)nsc1N(CC)CCOC. The predicted molar refractivity (Wildman–Crippen MR) is 78.6 cm³/mol. The number of rotatable bonds is 8. The largest absolute Gasteiger partial charge is 0.383 e. The van der Waals surface area contributed by atoms with Gasteiger partial charge in [-0.3, -0.25) is 0 Å². The van der Waals surface area contributed by atoms with Crippen LogP contribution in [0.1, 0.15) is 20.3 Å². The average molecular weight is 307 g/mol. The highest BCUT2D eigenvalue weighted by Gasteiger charge is 2.27. The number of anilines is 2. The first-order valence-corrected chi connectivity index (χ1v) is 8.62. The van der Waals surface area contributed by atoms with Crippen molar-refractivity contribution in [3.63, 3.8) is 0 Å². The topological polar surface area (TPSA) is 85.5 Å². The van der Waals surface area contributed by atoms with Crippen molar-refractivity contribution in [1.82, 2.24) is 4.37 Å². The van der Waals surface area contributed by atoms with Crippen molar-refractivity contribution in [2.75, 3.05) is 43.2 Å². The molecule has 0 spiro atoms. The highest BCUT2D eigenvalue weighted by Crippen LogP contribution is 2.35. The Morgan fingerprint density at radius 2 is 2.11 bits per heavy atom. The van der Waals surface area contributed by atoms with Crippen LogP contribution in [0.5, 0.6) is 0 Å². The Bertz CT molecular complexity index is 499. The van der Waals surface area contributed by atoms with Gasteiger partial charge in [0.1, 0.15) is 9.90 Å². The molecule has 19 heavy (non-hydrogen) atoms. The molecular formula is C11H21N3O3S2. The van der Waals surface area contributed by atoms with E-state index in [-0.39, 0.29) is 16.5 Å². The van der Waals surface area contributed by atoms with Crippen LogP contribution in [0.15, 0.2) is 4.90 Å². The lowest BCUT2D eigenvalue weighted by Crippen LogP contribution is -2.27. The van der Waals surface area contributed by atoms with E-state index in [1.165, 1.54) is 0 Å². The van der Waals surface area contributed by atoms with Gasteiger partial charge in [0.15, 0.2) is 15.7 Å². The summed E-state index contributed by atoms with van der Waals surface area (Å²) in [5.41, 5.74) is 5.74. The molecule has 0 aliphatic carbocycles. The van der Waals surface area contributed by atoms with Gasteiger partial charge in [0.25, 0.3) is 0 Å². The van der Waals surface area contributed by atoms with Gasteiger partial charge in [0.05, 0.1) is 12.4 Å². The number of nitrogens with zero attached hydrogens (tertiary/aromatic N) is 2. The molecule has 0 unspecified atom stereocenters. The van der Waals surface area contributed by atoms with Gasteiger partial charge in [-0.1, -0.05) is 6.92 Å². The second-order valence-corrected chi connectivity index (χ2v) is 6.89. The molecule has 1 aromatic rings. The minimum absolute atomic E-state index is 0.0877. The Morgan fingerprint density at radius 1 is 1.42 bits per heavy atom. The standard InChI is InChI=1S/C11H21N3O3S2/c1-4-8-19(15,16)9-10(12)13-18-11(9)14(5-2)6-7-17-3/h4-8H2,1-3H3,(H2,12,13). The van der Waals surface area contributed by atoms with E-state index in [2.05, 4.69) is 4.37 Å². The van der Waals surface area contributed by atoms with Gasteiger partial charge in [-0.05, 0) is 24.9 Å². The Kier molecular flexibility index (Phi) is 6.02. The number of sulfone groups is 1. The van der Waals surface area contributed by atoms with Crippen molar-refractivity contribution in [1.29, 1.82) is 0 Å². The summed E-state index contributed by atoms with van der Waals surface area (Å²) in [4.78, 5) is 2.11. The highest BCUT2D eigenvalue weighted by molar-refractivity contribution is 7.91. The number of aromatic nitrogens is 1. The molecule has 6 nitrogen and oxygen atoms in total. The fraction of sp³-hybridized carbons (Fsp3) is 0.727. The van der Waals surface area contributed by atoms with E-state index < -0.39 is 9.84 Å². The van der Waals surface area contributed by atoms with Gasteiger partial charge in [-0.2, -0.15) is 4.37 Å². The second kappa shape index (κ2) is 7.06. The van der Waals surface area contributed by atoms with Gasteiger partial charge in [0.2, 0.25) is 0 Å². The first-order valence-electron chi connectivity index (χ1n) is 6.19. The number of nitrogen functional groups attached to an aromatic ring is 1. The fourth-order valence-electron chi connectivity index (χ4n) is 1.75. The zero-order valence-electron chi connectivity index (χ0n) is 11.5. The minimum atomic E-state index is -3.37. The smallest absolute Gasteiger partial charge is 0.185 e. The van der Waals surface area contributed by atoms with Crippen LogP contribution in [0, 0.1) is 0 Å². The van der Waals surface area contributed by atoms with E-state index in [0.29, 0.717) is 31.1 Å². The number of likely N-dealkylation sites (N-methyl/N-ethyl adjacent to an activating group) is 1. The molecule has 110 valence electrons. The van der Waals surface area contributed by atoms with Crippen molar-refractivity contribution >= 4 is 32.2 Å². The van der Waals surface area contributed by atoms with Crippen LogP contribution in [-0.2, 0) is 14.6 Å². The monoisotopic (exact) mass is 307 g/mol. The number of methoxy groups -OCH3 is 1. The average Bonchev–Trinajstić information content (AvgIpc) is 2.73. The van der Waals surface area contributed by atoms with Crippen molar-refractivity contribution < 1.29 is 13.2 Å². The van der Waals surface area contributed by atoms with Gasteiger partial charge < -0.3 is 15.4 Å². The molecular weight excluding hydrogens is 286 g/mol.